The molecule has 1 aromatic carbocycles. The molecule has 1 amide bonds. The molecule has 1 aromatic heterocycles. The van der Waals surface area contributed by atoms with Crippen LogP contribution < -0.4 is 10.2 Å². The van der Waals surface area contributed by atoms with Crippen LogP contribution in [0.3, 0.4) is 0 Å². The number of carbonyl (C=O) groups excluding carboxylic acids is 1. The standard InChI is InChI=1S/C15H19N5O3S/c1-4-5-6-13-17-18-15(24-13)16-14(21)10-7-8-11(19(2)3)12(9-10)20(22)23/h7-9H,4-6H2,1-3H3,(H,16,18,21). The predicted octanol–water partition coefficient (Wildman–Crippen LogP) is 3.11. The zero-order chi connectivity index (χ0) is 17.7. The van der Waals surface area contributed by atoms with E-state index in [4.69, 9.17) is 0 Å². The molecule has 1 heterocycles. The lowest BCUT2D eigenvalue weighted by Gasteiger charge is -2.13. The first-order chi connectivity index (χ1) is 11.4. The van der Waals surface area contributed by atoms with Crippen LogP contribution >= 0.6 is 11.3 Å². The maximum Gasteiger partial charge on any atom is 0.293 e. The number of aryl methyl sites for hydroxylation is 1. The van der Waals surface area contributed by atoms with Gasteiger partial charge in [0.1, 0.15) is 10.7 Å². The Morgan fingerprint density at radius 3 is 2.75 bits per heavy atom. The third-order valence-electron chi connectivity index (χ3n) is 3.35. The number of hydrogen-bond acceptors (Lipinski definition) is 7. The van der Waals surface area contributed by atoms with Crippen molar-refractivity contribution < 1.29 is 9.72 Å². The Morgan fingerprint density at radius 2 is 2.12 bits per heavy atom. The molecule has 1 N–H and O–H groups in total. The van der Waals surface area contributed by atoms with Gasteiger partial charge in [-0.15, -0.1) is 10.2 Å². The summed E-state index contributed by atoms with van der Waals surface area (Å²) in [5.74, 6) is -0.443. The molecule has 0 bridgehead atoms. The number of unbranched alkanes of at least 4 members (excludes halogenated alkanes) is 1. The number of aromatic nitrogens is 2. The number of nitrogens with zero attached hydrogens (tertiary/aromatic N) is 4. The van der Waals surface area contributed by atoms with Gasteiger partial charge in [0.05, 0.1) is 4.92 Å². The van der Waals surface area contributed by atoms with Crippen LogP contribution in [0, 0.1) is 10.1 Å². The highest BCUT2D eigenvalue weighted by molar-refractivity contribution is 7.15. The number of hydrogen-bond donors (Lipinski definition) is 1. The van der Waals surface area contributed by atoms with E-state index in [1.54, 1.807) is 31.1 Å². The molecule has 0 fully saturated rings. The van der Waals surface area contributed by atoms with Crippen molar-refractivity contribution in [1.29, 1.82) is 0 Å². The van der Waals surface area contributed by atoms with Crippen LogP contribution in [0.4, 0.5) is 16.5 Å². The highest BCUT2D eigenvalue weighted by Gasteiger charge is 2.19. The summed E-state index contributed by atoms with van der Waals surface area (Å²) in [5.41, 5.74) is 0.528. The lowest BCUT2D eigenvalue weighted by molar-refractivity contribution is -0.384. The minimum atomic E-state index is -0.500. The summed E-state index contributed by atoms with van der Waals surface area (Å²) in [4.78, 5) is 24.6. The summed E-state index contributed by atoms with van der Waals surface area (Å²) in [6, 6.07) is 4.38. The summed E-state index contributed by atoms with van der Waals surface area (Å²) in [6.07, 6.45) is 2.90. The summed E-state index contributed by atoms with van der Waals surface area (Å²) in [5, 5.41) is 23.0. The highest BCUT2D eigenvalue weighted by atomic mass is 32.1. The normalized spacial score (nSPS) is 10.5. The van der Waals surface area contributed by atoms with Gasteiger partial charge in [0.2, 0.25) is 5.13 Å². The molecule has 9 heteroatoms. The monoisotopic (exact) mass is 349 g/mol. The van der Waals surface area contributed by atoms with Gasteiger partial charge in [0.25, 0.3) is 11.6 Å². The second kappa shape index (κ2) is 7.82. The third-order valence-corrected chi connectivity index (χ3v) is 4.25. The minimum absolute atomic E-state index is 0.117. The maximum absolute atomic E-state index is 12.3. The second-order valence-corrected chi connectivity index (χ2v) is 6.48. The predicted molar refractivity (Wildman–Crippen MR) is 93.9 cm³/mol. The first-order valence-corrected chi connectivity index (χ1v) is 8.33. The molecule has 0 aliphatic heterocycles. The Labute approximate surface area is 143 Å². The van der Waals surface area contributed by atoms with Gasteiger partial charge in [-0.1, -0.05) is 24.7 Å². The molecule has 0 aliphatic carbocycles. The Balaban J connectivity index is 2.16. The molecule has 128 valence electrons. The van der Waals surface area contributed by atoms with Crippen molar-refractivity contribution in [3.05, 3.63) is 38.9 Å². The van der Waals surface area contributed by atoms with Crippen LogP contribution in [-0.2, 0) is 6.42 Å². The first kappa shape index (κ1) is 17.8. The van der Waals surface area contributed by atoms with Gasteiger partial charge in [-0.3, -0.25) is 20.2 Å². The largest absolute Gasteiger partial charge is 0.372 e. The van der Waals surface area contributed by atoms with Crippen molar-refractivity contribution >= 4 is 33.8 Å². The van der Waals surface area contributed by atoms with E-state index in [0.29, 0.717) is 10.8 Å². The van der Waals surface area contributed by atoms with Gasteiger partial charge < -0.3 is 4.90 Å². The zero-order valence-corrected chi connectivity index (χ0v) is 14.6. The fourth-order valence-electron chi connectivity index (χ4n) is 2.09. The fourth-order valence-corrected chi connectivity index (χ4v) is 2.87. The Bertz CT molecular complexity index is 744. The number of nitrogens with one attached hydrogen (secondary N) is 1. The smallest absolute Gasteiger partial charge is 0.293 e. The van der Waals surface area contributed by atoms with E-state index < -0.39 is 10.8 Å². The molecular formula is C15H19N5O3S. The van der Waals surface area contributed by atoms with Crippen LogP contribution in [0.25, 0.3) is 0 Å². The van der Waals surface area contributed by atoms with E-state index in [1.807, 2.05) is 0 Å². The maximum atomic E-state index is 12.3. The summed E-state index contributed by atoms with van der Waals surface area (Å²) in [7, 11) is 3.42. The summed E-state index contributed by atoms with van der Waals surface area (Å²) in [6.45, 7) is 2.09. The molecule has 0 saturated heterocycles. The molecule has 0 unspecified atom stereocenters. The number of nitro groups is 1. The molecule has 24 heavy (non-hydrogen) atoms. The first-order valence-electron chi connectivity index (χ1n) is 7.52. The number of anilines is 2. The van der Waals surface area contributed by atoms with Crippen molar-refractivity contribution in [3.63, 3.8) is 0 Å². The van der Waals surface area contributed by atoms with Crippen molar-refractivity contribution in [2.24, 2.45) is 0 Å². The Kier molecular flexibility index (Phi) is 5.80. The molecule has 2 aromatic rings. The van der Waals surface area contributed by atoms with Crippen molar-refractivity contribution in [3.8, 4) is 0 Å². The topological polar surface area (TPSA) is 101 Å². The Morgan fingerprint density at radius 1 is 1.38 bits per heavy atom. The van der Waals surface area contributed by atoms with Crippen molar-refractivity contribution in [2.45, 2.75) is 26.2 Å². The van der Waals surface area contributed by atoms with Crippen LogP contribution in [-0.4, -0.2) is 35.1 Å². The summed E-state index contributed by atoms with van der Waals surface area (Å²) >= 11 is 1.32. The number of carbonyl (C=O) groups is 1. The van der Waals surface area contributed by atoms with Gasteiger partial charge >= 0.3 is 0 Å². The highest BCUT2D eigenvalue weighted by Crippen LogP contribution is 2.28. The lowest BCUT2D eigenvalue weighted by atomic mass is 10.1. The number of nitro benzene ring substituents is 1. The van der Waals surface area contributed by atoms with Gasteiger partial charge in [-0.05, 0) is 18.6 Å². The molecular weight excluding hydrogens is 330 g/mol. The molecule has 0 saturated carbocycles. The molecule has 0 spiro atoms. The van der Waals surface area contributed by atoms with Crippen molar-refractivity contribution in [2.75, 3.05) is 24.3 Å². The molecule has 0 aliphatic rings. The SMILES string of the molecule is CCCCc1nnc(NC(=O)c2ccc(N(C)C)c([N+](=O)[O-])c2)s1. The van der Waals surface area contributed by atoms with Crippen LogP contribution in [0.1, 0.15) is 35.1 Å². The molecule has 2 rings (SSSR count). The zero-order valence-electron chi connectivity index (χ0n) is 13.8. The van der Waals surface area contributed by atoms with Crippen LogP contribution in [0.2, 0.25) is 0 Å². The number of benzene rings is 1. The fraction of sp³-hybridized carbons (Fsp3) is 0.400. The van der Waals surface area contributed by atoms with E-state index in [2.05, 4.69) is 22.4 Å². The van der Waals surface area contributed by atoms with Gasteiger partial charge in [-0.25, -0.2) is 0 Å². The molecule has 8 nitrogen and oxygen atoms in total. The average molecular weight is 349 g/mol. The molecule has 0 radical (unpaired) electrons. The average Bonchev–Trinajstić information content (AvgIpc) is 2.99. The quantitative estimate of drug-likeness (QED) is 0.609. The number of rotatable bonds is 7. The van der Waals surface area contributed by atoms with E-state index in [9.17, 15) is 14.9 Å². The molecule has 0 atom stereocenters. The van der Waals surface area contributed by atoms with Gasteiger partial charge in [0.15, 0.2) is 0 Å². The van der Waals surface area contributed by atoms with E-state index >= 15 is 0 Å². The second-order valence-electron chi connectivity index (χ2n) is 5.41. The number of amides is 1. The Hall–Kier alpha value is -2.55. The van der Waals surface area contributed by atoms with E-state index in [-0.39, 0.29) is 11.3 Å². The lowest BCUT2D eigenvalue weighted by Crippen LogP contribution is -2.14. The summed E-state index contributed by atoms with van der Waals surface area (Å²) < 4.78 is 0. The van der Waals surface area contributed by atoms with Crippen LogP contribution in [0.15, 0.2) is 18.2 Å². The van der Waals surface area contributed by atoms with E-state index in [0.717, 1.165) is 24.3 Å². The van der Waals surface area contributed by atoms with Gasteiger partial charge in [0, 0.05) is 32.1 Å². The third kappa shape index (κ3) is 4.25. The van der Waals surface area contributed by atoms with Crippen LogP contribution in [0.5, 0.6) is 0 Å². The van der Waals surface area contributed by atoms with E-state index in [1.165, 1.54) is 17.4 Å². The minimum Gasteiger partial charge on any atom is -0.372 e. The van der Waals surface area contributed by atoms with Gasteiger partial charge in [-0.2, -0.15) is 0 Å². The van der Waals surface area contributed by atoms with Crippen molar-refractivity contribution in [1.82, 2.24) is 10.2 Å².